The Balaban J connectivity index is 1.64. The summed E-state index contributed by atoms with van der Waals surface area (Å²) in [6, 6.07) is 10.4. The minimum atomic E-state index is -0.537. The van der Waals surface area contributed by atoms with Crippen LogP contribution < -0.4 is 4.74 Å². The van der Waals surface area contributed by atoms with Gasteiger partial charge in [-0.05, 0) is 33.3 Å². The molecule has 0 bridgehead atoms. The Kier molecular flexibility index (Phi) is 5.89. The van der Waals surface area contributed by atoms with Crippen molar-refractivity contribution in [3.05, 3.63) is 58.9 Å². The SMILES string of the molecule is CC(C)(C)OC(=O)N1CC[C@H]1COc1cnc(Cl)c(C(=O)c2ccccc2)c1. The van der Waals surface area contributed by atoms with Crippen molar-refractivity contribution in [1.29, 1.82) is 0 Å². The normalized spacial score (nSPS) is 16.3. The molecule has 0 aliphatic carbocycles. The second-order valence-electron chi connectivity index (χ2n) is 7.63. The van der Waals surface area contributed by atoms with Crippen LogP contribution in [-0.4, -0.2) is 46.6 Å². The fourth-order valence-corrected chi connectivity index (χ4v) is 2.97. The van der Waals surface area contributed by atoms with Gasteiger partial charge in [-0.25, -0.2) is 9.78 Å². The fourth-order valence-electron chi connectivity index (χ4n) is 2.78. The summed E-state index contributed by atoms with van der Waals surface area (Å²) in [6.07, 6.45) is 1.96. The van der Waals surface area contributed by atoms with Crippen molar-refractivity contribution < 1.29 is 19.1 Å². The predicted octanol–water partition coefficient (Wildman–Crippen LogP) is 4.35. The van der Waals surface area contributed by atoms with Gasteiger partial charge in [0.1, 0.15) is 23.1 Å². The molecule has 28 heavy (non-hydrogen) atoms. The number of ether oxygens (including phenoxy) is 2. The van der Waals surface area contributed by atoms with Crippen molar-refractivity contribution >= 4 is 23.5 Å². The smallest absolute Gasteiger partial charge is 0.410 e. The van der Waals surface area contributed by atoms with Crippen molar-refractivity contribution in [3.63, 3.8) is 0 Å². The van der Waals surface area contributed by atoms with Crippen LogP contribution in [0.3, 0.4) is 0 Å². The molecule has 1 atom stereocenters. The zero-order valence-electron chi connectivity index (χ0n) is 16.1. The lowest BCUT2D eigenvalue weighted by atomic mass is 10.0. The van der Waals surface area contributed by atoms with E-state index < -0.39 is 5.60 Å². The van der Waals surface area contributed by atoms with E-state index in [0.717, 1.165) is 6.42 Å². The van der Waals surface area contributed by atoms with E-state index in [1.807, 2.05) is 26.8 Å². The Bertz CT molecular complexity index is 864. The number of aromatic nitrogens is 1. The molecule has 0 unspecified atom stereocenters. The van der Waals surface area contributed by atoms with Gasteiger partial charge in [-0.3, -0.25) is 4.79 Å². The van der Waals surface area contributed by atoms with E-state index in [9.17, 15) is 9.59 Å². The van der Waals surface area contributed by atoms with Gasteiger partial charge in [-0.2, -0.15) is 0 Å². The molecule has 6 nitrogen and oxygen atoms in total. The van der Waals surface area contributed by atoms with Gasteiger partial charge in [-0.1, -0.05) is 41.9 Å². The Morgan fingerprint density at radius 3 is 2.57 bits per heavy atom. The topological polar surface area (TPSA) is 68.7 Å². The highest BCUT2D eigenvalue weighted by molar-refractivity contribution is 6.33. The lowest BCUT2D eigenvalue weighted by Crippen LogP contribution is -2.55. The number of hydrogen-bond donors (Lipinski definition) is 0. The van der Waals surface area contributed by atoms with Crippen molar-refractivity contribution in [2.45, 2.75) is 38.8 Å². The first kappa shape index (κ1) is 20.1. The van der Waals surface area contributed by atoms with Gasteiger partial charge in [0.25, 0.3) is 0 Å². The van der Waals surface area contributed by atoms with Crippen molar-refractivity contribution in [2.24, 2.45) is 0 Å². The number of pyridine rings is 1. The number of nitrogens with zero attached hydrogens (tertiary/aromatic N) is 2. The van der Waals surface area contributed by atoms with Crippen molar-refractivity contribution in [1.82, 2.24) is 9.88 Å². The average Bonchev–Trinajstić information content (AvgIpc) is 2.61. The molecule has 7 heteroatoms. The number of carbonyl (C=O) groups is 2. The summed E-state index contributed by atoms with van der Waals surface area (Å²) < 4.78 is 11.2. The number of rotatable bonds is 5. The van der Waals surface area contributed by atoms with Crippen LogP contribution in [0, 0.1) is 0 Å². The molecule has 1 aromatic carbocycles. The first-order valence-electron chi connectivity index (χ1n) is 9.12. The molecule has 0 saturated carbocycles. The summed E-state index contributed by atoms with van der Waals surface area (Å²) in [6.45, 7) is 6.43. The summed E-state index contributed by atoms with van der Waals surface area (Å²) in [5.41, 5.74) is 0.270. The minimum absolute atomic E-state index is 0.0706. The molecule has 1 aromatic heterocycles. The number of carbonyl (C=O) groups excluding carboxylic acids is 2. The molecule has 0 N–H and O–H groups in total. The molecule has 1 fully saturated rings. The number of benzene rings is 1. The van der Waals surface area contributed by atoms with Gasteiger partial charge >= 0.3 is 6.09 Å². The van der Waals surface area contributed by atoms with E-state index in [2.05, 4.69) is 4.98 Å². The Hall–Kier alpha value is -2.60. The van der Waals surface area contributed by atoms with Crippen LogP contribution in [0.15, 0.2) is 42.6 Å². The molecule has 2 heterocycles. The highest BCUT2D eigenvalue weighted by Crippen LogP contribution is 2.25. The predicted molar refractivity (Wildman–Crippen MR) is 106 cm³/mol. The molecular formula is C21H23ClN2O4. The number of halogens is 1. The van der Waals surface area contributed by atoms with E-state index in [1.165, 1.54) is 6.20 Å². The minimum Gasteiger partial charge on any atom is -0.490 e. The monoisotopic (exact) mass is 402 g/mol. The van der Waals surface area contributed by atoms with Gasteiger partial charge in [0.2, 0.25) is 0 Å². The molecule has 3 rings (SSSR count). The second-order valence-corrected chi connectivity index (χ2v) is 7.99. The summed E-state index contributed by atoms with van der Waals surface area (Å²) in [7, 11) is 0. The number of amides is 1. The van der Waals surface area contributed by atoms with Crippen LogP contribution in [0.4, 0.5) is 4.79 Å². The van der Waals surface area contributed by atoms with Crippen LogP contribution in [-0.2, 0) is 4.74 Å². The van der Waals surface area contributed by atoms with Crippen molar-refractivity contribution in [2.75, 3.05) is 13.2 Å². The third-order valence-electron chi connectivity index (χ3n) is 4.31. The maximum Gasteiger partial charge on any atom is 0.410 e. The molecular weight excluding hydrogens is 380 g/mol. The van der Waals surface area contributed by atoms with Gasteiger partial charge in [0.15, 0.2) is 5.78 Å². The molecule has 1 saturated heterocycles. The fraction of sp³-hybridized carbons (Fsp3) is 0.381. The van der Waals surface area contributed by atoms with Gasteiger partial charge in [-0.15, -0.1) is 0 Å². The third kappa shape index (κ3) is 4.81. The maximum absolute atomic E-state index is 12.6. The zero-order valence-corrected chi connectivity index (χ0v) is 16.9. The van der Waals surface area contributed by atoms with E-state index in [0.29, 0.717) is 24.5 Å². The molecule has 0 spiro atoms. The molecule has 0 radical (unpaired) electrons. The van der Waals surface area contributed by atoms with Crippen LogP contribution in [0.1, 0.15) is 43.1 Å². The number of ketones is 1. The summed E-state index contributed by atoms with van der Waals surface area (Å²) in [5, 5.41) is 0.125. The highest BCUT2D eigenvalue weighted by atomic mass is 35.5. The third-order valence-corrected chi connectivity index (χ3v) is 4.61. The van der Waals surface area contributed by atoms with Crippen molar-refractivity contribution in [3.8, 4) is 5.75 Å². The quantitative estimate of drug-likeness (QED) is 0.549. The standard InChI is InChI=1S/C21H23ClN2O4/c1-21(2,3)28-20(26)24-10-9-15(24)13-27-16-11-17(19(22)23-12-16)18(25)14-7-5-4-6-8-14/h4-8,11-12,15H,9-10,13H2,1-3H3/t15-/m0/s1. The molecule has 1 aliphatic heterocycles. The summed E-state index contributed by atoms with van der Waals surface area (Å²) in [4.78, 5) is 30.5. The van der Waals surface area contributed by atoms with Crippen LogP contribution in [0.5, 0.6) is 5.75 Å². The van der Waals surface area contributed by atoms with Gasteiger partial charge in [0.05, 0.1) is 17.8 Å². The van der Waals surface area contributed by atoms with E-state index >= 15 is 0 Å². The van der Waals surface area contributed by atoms with Crippen LogP contribution in [0.2, 0.25) is 5.15 Å². The zero-order chi connectivity index (χ0) is 20.3. The van der Waals surface area contributed by atoms with Gasteiger partial charge < -0.3 is 14.4 Å². The second kappa shape index (κ2) is 8.19. The van der Waals surface area contributed by atoms with E-state index in [4.69, 9.17) is 21.1 Å². The highest BCUT2D eigenvalue weighted by Gasteiger charge is 2.35. The first-order valence-corrected chi connectivity index (χ1v) is 9.50. The van der Waals surface area contributed by atoms with E-state index in [1.54, 1.807) is 35.2 Å². The molecule has 1 aliphatic rings. The molecule has 148 valence electrons. The Morgan fingerprint density at radius 2 is 1.96 bits per heavy atom. The number of likely N-dealkylation sites (tertiary alicyclic amines) is 1. The largest absolute Gasteiger partial charge is 0.490 e. The van der Waals surface area contributed by atoms with Gasteiger partial charge in [0, 0.05) is 12.1 Å². The molecule has 2 aromatic rings. The Labute approximate surface area is 169 Å². The Morgan fingerprint density at radius 1 is 1.25 bits per heavy atom. The maximum atomic E-state index is 12.6. The molecule has 1 amide bonds. The van der Waals surface area contributed by atoms with E-state index in [-0.39, 0.29) is 28.6 Å². The summed E-state index contributed by atoms with van der Waals surface area (Å²) >= 11 is 6.11. The lowest BCUT2D eigenvalue weighted by molar-refractivity contribution is -0.0141. The summed E-state index contributed by atoms with van der Waals surface area (Å²) in [5.74, 6) is 0.210. The first-order chi connectivity index (χ1) is 13.2. The number of hydrogen-bond acceptors (Lipinski definition) is 5. The van der Waals surface area contributed by atoms with Crippen LogP contribution in [0.25, 0.3) is 0 Å². The average molecular weight is 403 g/mol. The lowest BCUT2D eigenvalue weighted by Gasteiger charge is -2.40. The van der Waals surface area contributed by atoms with Crippen LogP contribution >= 0.6 is 11.6 Å².